The van der Waals surface area contributed by atoms with E-state index in [1.807, 2.05) is 0 Å². The minimum Gasteiger partial charge on any atom is -0.0755 e. The zero-order chi connectivity index (χ0) is 12.5. The molecular weight excluding hydrogens is 220 g/mol. The Morgan fingerprint density at radius 2 is 1.65 bits per heavy atom. The second-order valence-electron chi connectivity index (χ2n) is 5.11. The molecule has 0 heterocycles. The lowest BCUT2D eigenvalue weighted by Gasteiger charge is -2.33. The highest BCUT2D eigenvalue weighted by atomic mass is 28.3. The standard InChI is InChI=1S/C16H21Si/c1-5-17(4,15-9-7-6-8-10-15)16-12-11-13(2)14(16)3/h6-12H,5H2,1-4H3. The molecule has 1 aromatic rings. The molecule has 1 unspecified atom stereocenters. The third-order valence-corrected chi connectivity index (χ3v) is 8.96. The minimum atomic E-state index is -1.50. The van der Waals surface area contributed by atoms with Gasteiger partial charge in [0, 0.05) is 5.54 Å². The van der Waals surface area contributed by atoms with Crippen LogP contribution in [0.15, 0.2) is 53.6 Å². The fourth-order valence-corrected chi connectivity index (χ4v) is 6.13. The molecule has 0 saturated heterocycles. The summed E-state index contributed by atoms with van der Waals surface area (Å²) in [5.41, 5.74) is 4.55. The smallest absolute Gasteiger partial charge is 0.0755 e. The van der Waals surface area contributed by atoms with E-state index in [2.05, 4.69) is 69.8 Å². The van der Waals surface area contributed by atoms with E-state index in [1.54, 1.807) is 10.7 Å². The monoisotopic (exact) mass is 241 g/mol. The van der Waals surface area contributed by atoms with Gasteiger partial charge < -0.3 is 0 Å². The van der Waals surface area contributed by atoms with E-state index in [0.717, 1.165) is 0 Å². The molecular formula is C16H21Si. The van der Waals surface area contributed by atoms with Crippen molar-refractivity contribution < 1.29 is 0 Å². The van der Waals surface area contributed by atoms with Crippen LogP contribution < -0.4 is 5.19 Å². The zero-order valence-corrected chi connectivity index (χ0v) is 12.2. The molecule has 89 valence electrons. The second kappa shape index (κ2) is 4.65. The third kappa shape index (κ3) is 2.04. The number of hydrogen-bond donors (Lipinski definition) is 0. The molecule has 0 bridgehead atoms. The van der Waals surface area contributed by atoms with Crippen LogP contribution in [0.25, 0.3) is 0 Å². The van der Waals surface area contributed by atoms with Crippen molar-refractivity contribution in [2.45, 2.75) is 33.4 Å². The Bertz CT molecular complexity index is 456. The predicted molar refractivity (Wildman–Crippen MR) is 78.9 cm³/mol. The maximum Gasteiger partial charge on any atom is 0.0989 e. The molecule has 0 amide bonds. The minimum absolute atomic E-state index is 1.27. The van der Waals surface area contributed by atoms with Gasteiger partial charge in [0.05, 0.1) is 8.07 Å². The van der Waals surface area contributed by atoms with Crippen LogP contribution in [0.1, 0.15) is 20.8 Å². The summed E-state index contributed by atoms with van der Waals surface area (Å²) in [6.07, 6.45) is 4.63. The lowest BCUT2D eigenvalue weighted by molar-refractivity contribution is 1.27. The van der Waals surface area contributed by atoms with Gasteiger partial charge in [-0.05, 0) is 13.8 Å². The van der Waals surface area contributed by atoms with Gasteiger partial charge in [0.1, 0.15) is 0 Å². The lowest BCUT2D eigenvalue weighted by atomic mass is 10.2. The van der Waals surface area contributed by atoms with E-state index in [1.165, 1.54) is 17.2 Å². The van der Waals surface area contributed by atoms with E-state index in [0.29, 0.717) is 0 Å². The van der Waals surface area contributed by atoms with Crippen LogP contribution in [0.3, 0.4) is 0 Å². The predicted octanol–water partition coefficient (Wildman–Crippen LogP) is 4.01. The van der Waals surface area contributed by atoms with Gasteiger partial charge in [-0.15, -0.1) is 0 Å². The van der Waals surface area contributed by atoms with Gasteiger partial charge in [0.2, 0.25) is 0 Å². The summed E-state index contributed by atoms with van der Waals surface area (Å²) in [6.45, 7) is 9.31. The molecule has 0 fully saturated rings. The SMILES string of the molecule is CC[Si](C)([C]1C=CC(C)=C1C)c1ccccc1. The van der Waals surface area contributed by atoms with Gasteiger partial charge in [0.25, 0.3) is 0 Å². The van der Waals surface area contributed by atoms with Crippen LogP contribution in [-0.2, 0) is 0 Å². The summed E-state index contributed by atoms with van der Waals surface area (Å²) in [7, 11) is -1.50. The van der Waals surface area contributed by atoms with Crippen LogP contribution in [0, 0.1) is 5.54 Å². The van der Waals surface area contributed by atoms with Gasteiger partial charge >= 0.3 is 0 Å². The molecule has 1 atom stereocenters. The second-order valence-corrected chi connectivity index (χ2v) is 9.59. The van der Waals surface area contributed by atoms with Crippen LogP contribution >= 0.6 is 0 Å². The highest BCUT2D eigenvalue weighted by Crippen LogP contribution is 2.36. The summed E-state index contributed by atoms with van der Waals surface area (Å²) in [5.74, 6) is 0. The molecule has 0 nitrogen and oxygen atoms in total. The average Bonchev–Trinajstić information content (AvgIpc) is 2.71. The van der Waals surface area contributed by atoms with Crippen molar-refractivity contribution in [3.63, 3.8) is 0 Å². The van der Waals surface area contributed by atoms with Gasteiger partial charge in [-0.25, -0.2) is 0 Å². The highest BCUT2D eigenvalue weighted by Gasteiger charge is 2.38. The fraction of sp³-hybridized carbons (Fsp3) is 0.312. The van der Waals surface area contributed by atoms with Gasteiger partial charge in [-0.1, -0.05) is 78.3 Å². The molecule has 1 radical (unpaired) electrons. The normalized spacial score (nSPS) is 19.8. The fourth-order valence-electron chi connectivity index (χ4n) is 2.62. The van der Waals surface area contributed by atoms with E-state index < -0.39 is 8.07 Å². The quantitative estimate of drug-likeness (QED) is 0.701. The lowest BCUT2D eigenvalue weighted by Crippen LogP contribution is -2.49. The zero-order valence-electron chi connectivity index (χ0n) is 11.2. The molecule has 2 rings (SSSR count). The van der Waals surface area contributed by atoms with E-state index in [4.69, 9.17) is 0 Å². The van der Waals surface area contributed by atoms with Crippen LogP contribution in [-0.4, -0.2) is 8.07 Å². The number of allylic oxidation sites excluding steroid dienone is 4. The number of rotatable bonds is 3. The molecule has 1 aromatic carbocycles. The maximum atomic E-state index is 2.49. The average molecular weight is 241 g/mol. The van der Waals surface area contributed by atoms with Crippen LogP contribution in [0.2, 0.25) is 12.6 Å². The highest BCUT2D eigenvalue weighted by molar-refractivity contribution is 6.96. The van der Waals surface area contributed by atoms with Crippen LogP contribution in [0.5, 0.6) is 0 Å². The molecule has 0 saturated carbocycles. The molecule has 0 aliphatic heterocycles. The largest absolute Gasteiger partial charge is 0.0989 e. The molecule has 1 heteroatoms. The van der Waals surface area contributed by atoms with Gasteiger partial charge in [-0.2, -0.15) is 0 Å². The summed E-state index contributed by atoms with van der Waals surface area (Å²) < 4.78 is 0. The number of benzene rings is 1. The van der Waals surface area contributed by atoms with Crippen molar-refractivity contribution in [2.24, 2.45) is 0 Å². The number of hydrogen-bond acceptors (Lipinski definition) is 0. The van der Waals surface area contributed by atoms with Crippen molar-refractivity contribution in [3.8, 4) is 0 Å². The Morgan fingerprint density at radius 1 is 1.00 bits per heavy atom. The molecule has 0 spiro atoms. The van der Waals surface area contributed by atoms with Crippen molar-refractivity contribution in [3.05, 3.63) is 59.2 Å². The summed E-state index contributed by atoms with van der Waals surface area (Å²) in [5, 5.41) is 1.55. The first-order chi connectivity index (χ1) is 8.09. The van der Waals surface area contributed by atoms with Crippen molar-refractivity contribution >= 4 is 13.3 Å². The molecule has 17 heavy (non-hydrogen) atoms. The van der Waals surface area contributed by atoms with Crippen molar-refractivity contribution in [1.29, 1.82) is 0 Å². The van der Waals surface area contributed by atoms with Crippen LogP contribution in [0.4, 0.5) is 0 Å². The van der Waals surface area contributed by atoms with Crippen molar-refractivity contribution in [1.82, 2.24) is 0 Å². The molecule has 0 N–H and O–H groups in total. The Balaban J connectivity index is 2.43. The van der Waals surface area contributed by atoms with Gasteiger partial charge in [-0.3, -0.25) is 0 Å². The first kappa shape index (κ1) is 12.4. The molecule has 1 aliphatic rings. The topological polar surface area (TPSA) is 0 Å². The Morgan fingerprint density at radius 3 is 2.12 bits per heavy atom. The Hall–Kier alpha value is -1.08. The third-order valence-electron chi connectivity index (χ3n) is 4.21. The Kier molecular flexibility index (Phi) is 3.39. The maximum absolute atomic E-state index is 2.49. The first-order valence-electron chi connectivity index (χ1n) is 6.38. The Labute approximate surface area is 106 Å². The molecule has 0 aromatic heterocycles. The van der Waals surface area contributed by atoms with E-state index in [-0.39, 0.29) is 0 Å². The van der Waals surface area contributed by atoms with Crippen molar-refractivity contribution in [2.75, 3.05) is 0 Å². The summed E-state index contributed by atoms with van der Waals surface area (Å²) >= 11 is 0. The summed E-state index contributed by atoms with van der Waals surface area (Å²) in [6, 6.07) is 12.3. The summed E-state index contributed by atoms with van der Waals surface area (Å²) in [4.78, 5) is 0. The van der Waals surface area contributed by atoms with E-state index >= 15 is 0 Å². The van der Waals surface area contributed by atoms with E-state index in [9.17, 15) is 0 Å². The molecule has 1 aliphatic carbocycles. The first-order valence-corrected chi connectivity index (χ1v) is 9.09. The van der Waals surface area contributed by atoms with Gasteiger partial charge in [0.15, 0.2) is 0 Å².